The molecule has 1 unspecified atom stereocenters. The third-order valence-electron chi connectivity index (χ3n) is 3.16. The van der Waals surface area contributed by atoms with Gasteiger partial charge in [0.05, 0.1) is 20.7 Å². The van der Waals surface area contributed by atoms with Gasteiger partial charge in [-0.05, 0) is 23.3 Å². The monoisotopic (exact) mass is 369 g/mol. The highest BCUT2D eigenvalue weighted by molar-refractivity contribution is 9.10. The van der Waals surface area contributed by atoms with Crippen molar-refractivity contribution in [3.8, 4) is 0 Å². The van der Waals surface area contributed by atoms with Crippen molar-refractivity contribution in [2.45, 2.75) is 6.10 Å². The molecule has 0 amide bonds. The van der Waals surface area contributed by atoms with E-state index in [1.807, 2.05) is 6.07 Å². The summed E-state index contributed by atoms with van der Waals surface area (Å²) >= 11 is 3.48. The molecule has 0 fully saturated rings. The van der Waals surface area contributed by atoms with Crippen LogP contribution < -0.4 is 17.3 Å². The number of rotatable bonds is 6. The van der Waals surface area contributed by atoms with E-state index in [1.165, 1.54) is 16.0 Å². The van der Waals surface area contributed by atoms with E-state index in [9.17, 15) is 0 Å². The zero-order valence-electron chi connectivity index (χ0n) is 12.4. The third kappa shape index (κ3) is 5.79. The predicted octanol–water partition coefficient (Wildman–Crippen LogP) is -0.296. The zero-order chi connectivity index (χ0) is 14.4. The van der Waals surface area contributed by atoms with Crippen molar-refractivity contribution in [3.05, 3.63) is 70.2 Å². The van der Waals surface area contributed by atoms with E-state index in [0.717, 1.165) is 17.6 Å². The molecule has 0 saturated heterocycles. The molecule has 0 aliphatic carbocycles. The van der Waals surface area contributed by atoms with E-state index in [2.05, 4.69) is 78.6 Å². The molecule has 21 heavy (non-hydrogen) atoms. The van der Waals surface area contributed by atoms with Crippen LogP contribution in [0.25, 0.3) is 0 Å². The van der Waals surface area contributed by atoms with Gasteiger partial charge in [0.1, 0.15) is 12.6 Å². The lowest BCUT2D eigenvalue weighted by atomic mass is 10.0. The van der Waals surface area contributed by atoms with Gasteiger partial charge < -0.3 is 22.0 Å². The fourth-order valence-electron chi connectivity index (χ4n) is 2.03. The molecule has 2 aromatic rings. The molecule has 0 bridgehead atoms. The Hall–Kier alpha value is -0.870. The molecule has 2 rings (SSSR count). The molecule has 2 nitrogen and oxygen atoms in total. The lowest BCUT2D eigenvalue weighted by Gasteiger charge is -2.19. The molecule has 0 radical (unpaired) electrons. The average Bonchev–Trinajstić information content (AvgIpc) is 2.46. The van der Waals surface area contributed by atoms with Crippen LogP contribution in [0.1, 0.15) is 17.2 Å². The van der Waals surface area contributed by atoms with E-state index < -0.39 is 0 Å². The van der Waals surface area contributed by atoms with E-state index in [1.54, 1.807) is 0 Å². The maximum atomic E-state index is 6.13. The molecule has 0 aliphatic heterocycles. The molecule has 2 aromatic carbocycles. The van der Waals surface area contributed by atoms with Gasteiger partial charge in [-0.15, -0.1) is 0 Å². The van der Waals surface area contributed by atoms with Gasteiger partial charge in [0, 0.05) is 4.47 Å². The van der Waals surface area contributed by atoms with Gasteiger partial charge in [0.25, 0.3) is 0 Å². The number of hydrogen-bond donors (Lipinski definition) is 1. The van der Waals surface area contributed by atoms with Gasteiger partial charge in [-0.1, -0.05) is 58.4 Å². The standard InChI is InChI=1S/C17H20BrNO.ClH/c1-19(2)12-13-20-17(14-6-4-3-5-7-14)15-8-10-16(18)11-9-15;/h3-11,17H,12-13H2,1-2H3;1H. The van der Waals surface area contributed by atoms with Crippen LogP contribution >= 0.6 is 15.9 Å². The van der Waals surface area contributed by atoms with Gasteiger partial charge in [-0.25, -0.2) is 0 Å². The van der Waals surface area contributed by atoms with E-state index in [0.29, 0.717) is 0 Å². The van der Waals surface area contributed by atoms with E-state index in [-0.39, 0.29) is 18.5 Å². The molecule has 1 atom stereocenters. The topological polar surface area (TPSA) is 13.7 Å². The summed E-state index contributed by atoms with van der Waals surface area (Å²) in [5, 5.41) is 0. The maximum absolute atomic E-state index is 6.13. The van der Waals surface area contributed by atoms with Gasteiger partial charge in [0.2, 0.25) is 0 Å². The van der Waals surface area contributed by atoms with E-state index in [4.69, 9.17) is 4.74 Å². The van der Waals surface area contributed by atoms with Crippen molar-refractivity contribution in [1.29, 1.82) is 0 Å². The molecule has 0 aliphatic rings. The first-order valence-electron chi connectivity index (χ1n) is 6.88. The quantitative estimate of drug-likeness (QED) is 0.737. The summed E-state index contributed by atoms with van der Waals surface area (Å²) in [5.74, 6) is 0. The highest BCUT2D eigenvalue weighted by atomic mass is 79.9. The van der Waals surface area contributed by atoms with Crippen molar-refractivity contribution >= 4 is 15.9 Å². The summed E-state index contributed by atoms with van der Waals surface area (Å²) < 4.78 is 7.22. The van der Waals surface area contributed by atoms with Crippen LogP contribution in [0.3, 0.4) is 0 Å². The van der Waals surface area contributed by atoms with Crippen LogP contribution in [0.4, 0.5) is 0 Å². The molecule has 4 heteroatoms. The smallest absolute Gasteiger partial charge is 0.108 e. The van der Waals surface area contributed by atoms with Crippen molar-refractivity contribution in [2.75, 3.05) is 27.2 Å². The Bertz CT molecular complexity index is 516. The molecule has 0 saturated carbocycles. The van der Waals surface area contributed by atoms with Crippen molar-refractivity contribution in [2.24, 2.45) is 0 Å². The van der Waals surface area contributed by atoms with Gasteiger partial charge in [-0.3, -0.25) is 0 Å². The number of benzene rings is 2. The van der Waals surface area contributed by atoms with Crippen LogP contribution in [-0.2, 0) is 4.74 Å². The molecular formula is C17H21BrClNO. The second kappa shape index (κ2) is 9.21. The summed E-state index contributed by atoms with van der Waals surface area (Å²) in [6, 6.07) is 18.7. The fourth-order valence-corrected chi connectivity index (χ4v) is 2.30. The van der Waals surface area contributed by atoms with Gasteiger partial charge in [0.15, 0.2) is 0 Å². The van der Waals surface area contributed by atoms with Crippen molar-refractivity contribution < 1.29 is 22.0 Å². The number of quaternary nitrogens is 1. The summed E-state index contributed by atoms with van der Waals surface area (Å²) in [6.45, 7) is 1.75. The van der Waals surface area contributed by atoms with Crippen molar-refractivity contribution in [3.63, 3.8) is 0 Å². The minimum Gasteiger partial charge on any atom is -1.00 e. The molecule has 0 aromatic heterocycles. The van der Waals surface area contributed by atoms with Crippen molar-refractivity contribution in [1.82, 2.24) is 0 Å². The first-order chi connectivity index (χ1) is 9.66. The Morgan fingerprint density at radius 2 is 1.52 bits per heavy atom. The highest BCUT2D eigenvalue weighted by Crippen LogP contribution is 2.26. The molecule has 0 heterocycles. The Labute approximate surface area is 141 Å². The minimum atomic E-state index is 0. The Morgan fingerprint density at radius 3 is 2.10 bits per heavy atom. The summed E-state index contributed by atoms with van der Waals surface area (Å²) in [6.07, 6.45) is 0.00338. The number of halogens is 2. The average molecular weight is 371 g/mol. The molecule has 1 N–H and O–H groups in total. The van der Waals surface area contributed by atoms with E-state index >= 15 is 0 Å². The lowest BCUT2D eigenvalue weighted by molar-refractivity contribution is -0.858. The van der Waals surface area contributed by atoms with Crippen LogP contribution in [0.2, 0.25) is 0 Å². The summed E-state index contributed by atoms with van der Waals surface area (Å²) in [5.41, 5.74) is 2.39. The summed E-state index contributed by atoms with van der Waals surface area (Å²) in [4.78, 5) is 1.40. The molecular weight excluding hydrogens is 350 g/mol. The lowest BCUT2D eigenvalue weighted by Crippen LogP contribution is -3.06. The fraction of sp³-hybridized carbons (Fsp3) is 0.294. The normalized spacial score (nSPS) is 12.0. The predicted molar refractivity (Wildman–Crippen MR) is 86.1 cm³/mol. The Morgan fingerprint density at radius 1 is 0.952 bits per heavy atom. The second-order valence-electron chi connectivity index (χ2n) is 5.17. The molecule has 0 spiro atoms. The number of likely N-dealkylation sites (N-methyl/N-ethyl adjacent to an activating group) is 1. The second-order valence-corrected chi connectivity index (χ2v) is 6.09. The van der Waals surface area contributed by atoms with Crippen LogP contribution in [0, 0.1) is 0 Å². The third-order valence-corrected chi connectivity index (χ3v) is 3.69. The van der Waals surface area contributed by atoms with Gasteiger partial charge >= 0.3 is 0 Å². The summed E-state index contributed by atoms with van der Waals surface area (Å²) in [7, 11) is 4.28. The largest absolute Gasteiger partial charge is 1.00 e. The maximum Gasteiger partial charge on any atom is 0.108 e. The van der Waals surface area contributed by atoms with Crippen LogP contribution in [0.15, 0.2) is 59.1 Å². The SMILES string of the molecule is C[NH+](C)CCOC(c1ccccc1)c1ccc(Br)cc1.[Cl-]. The first kappa shape index (κ1) is 18.2. The first-order valence-corrected chi connectivity index (χ1v) is 7.67. The van der Waals surface area contributed by atoms with Crippen LogP contribution in [0.5, 0.6) is 0 Å². The highest BCUT2D eigenvalue weighted by Gasteiger charge is 2.14. The molecule has 114 valence electrons. The Kier molecular flexibility index (Phi) is 7.97. The Balaban J connectivity index is 0.00000220. The van der Waals surface area contributed by atoms with Crippen LogP contribution in [-0.4, -0.2) is 27.2 Å². The minimum absolute atomic E-state index is 0. The van der Waals surface area contributed by atoms with Gasteiger partial charge in [-0.2, -0.15) is 0 Å². The number of nitrogens with one attached hydrogen (secondary N) is 1. The number of ether oxygens (including phenoxy) is 1. The zero-order valence-corrected chi connectivity index (χ0v) is 14.7. The number of hydrogen-bond acceptors (Lipinski definition) is 1.